The van der Waals surface area contributed by atoms with Gasteiger partial charge in [-0.25, -0.2) is 0 Å². The van der Waals surface area contributed by atoms with E-state index in [0.29, 0.717) is 0 Å². The van der Waals surface area contributed by atoms with Crippen LogP contribution in [0, 0.1) is 0 Å². The smallest absolute Gasteiger partial charge is 1.00 e. The summed E-state index contributed by atoms with van der Waals surface area (Å²) in [5, 5.41) is 0. The van der Waals surface area contributed by atoms with E-state index in [4.69, 9.17) is 4.43 Å². The molecule has 0 unspecified atom stereocenters. The first-order chi connectivity index (χ1) is 9.25. The third-order valence-corrected chi connectivity index (χ3v) is 5.48. The second-order valence-electron chi connectivity index (χ2n) is 6.64. The predicted octanol–water partition coefficient (Wildman–Crippen LogP) is -1.30. The van der Waals surface area contributed by atoms with Crippen LogP contribution in [-0.4, -0.2) is 9.04 Å². The molecular formula is C17H27Cl2OSiZr. The molecule has 0 N–H and O–H groups in total. The van der Waals surface area contributed by atoms with Crippen molar-refractivity contribution in [1.82, 2.24) is 0 Å². The van der Waals surface area contributed by atoms with E-state index in [1.54, 1.807) is 16.7 Å². The molecule has 0 saturated heterocycles. The van der Waals surface area contributed by atoms with Gasteiger partial charge < -0.3 is 29.2 Å². The first-order valence-corrected chi connectivity index (χ1v) is 11.0. The molecule has 0 bridgehead atoms. The zero-order valence-corrected chi connectivity index (χ0v) is 18.9. The van der Waals surface area contributed by atoms with Gasteiger partial charge in [-0.3, -0.25) is 0 Å². The van der Waals surface area contributed by atoms with Crippen molar-refractivity contribution in [1.29, 1.82) is 0 Å². The van der Waals surface area contributed by atoms with Gasteiger partial charge in [-0.2, -0.15) is 17.2 Å². The molecule has 1 nitrogen and oxygen atoms in total. The number of halogens is 2. The van der Waals surface area contributed by atoms with Crippen molar-refractivity contribution in [2.75, 3.05) is 0 Å². The summed E-state index contributed by atoms with van der Waals surface area (Å²) >= 11 is 0. The van der Waals surface area contributed by atoms with Crippen LogP contribution in [0.15, 0.2) is 6.07 Å². The summed E-state index contributed by atoms with van der Waals surface area (Å²) in [5.41, 5.74) is 4.80. The van der Waals surface area contributed by atoms with Gasteiger partial charge in [-0.05, 0) is 37.6 Å². The molecular weight excluding hydrogens is 410 g/mol. The minimum atomic E-state index is -0.995. The zero-order chi connectivity index (χ0) is 13.2. The normalized spacial score (nSPS) is 17.8. The molecule has 1 aromatic rings. The topological polar surface area (TPSA) is 9.23 Å². The number of rotatable bonds is 3. The molecule has 1 saturated carbocycles. The molecule has 0 heterocycles. The molecule has 0 aliphatic heterocycles. The fraction of sp³-hybridized carbons (Fsp3) is 0.706. The van der Waals surface area contributed by atoms with Crippen molar-refractivity contribution in [2.45, 2.75) is 76.8 Å². The molecule has 1 aromatic carbocycles. The molecule has 22 heavy (non-hydrogen) atoms. The fourth-order valence-electron chi connectivity index (χ4n) is 3.87. The van der Waals surface area contributed by atoms with Gasteiger partial charge in [-0.1, -0.05) is 44.9 Å². The fourth-order valence-corrected chi connectivity index (χ4v) is 4.62. The predicted molar refractivity (Wildman–Crippen MR) is 84.0 cm³/mol. The van der Waals surface area contributed by atoms with Gasteiger partial charge in [0.25, 0.3) is 0 Å². The minimum Gasteiger partial charge on any atom is -1.00 e. The van der Waals surface area contributed by atoms with Crippen LogP contribution in [0.2, 0.25) is 13.1 Å². The molecule has 0 amide bonds. The Hall–Kier alpha value is 0.830. The Morgan fingerprint density at radius 2 is 1.59 bits per heavy atom. The van der Waals surface area contributed by atoms with E-state index in [1.807, 2.05) is 0 Å². The van der Waals surface area contributed by atoms with E-state index in [1.165, 1.54) is 63.5 Å². The summed E-state index contributed by atoms with van der Waals surface area (Å²) in [7, 11) is -0.995. The molecule has 3 rings (SSSR count). The van der Waals surface area contributed by atoms with Gasteiger partial charge in [0.05, 0.1) is 0 Å². The molecule has 123 valence electrons. The quantitative estimate of drug-likeness (QED) is 0.422. The van der Waals surface area contributed by atoms with Crippen LogP contribution in [0.5, 0.6) is 5.75 Å². The summed E-state index contributed by atoms with van der Waals surface area (Å²) in [4.78, 5) is 0. The summed E-state index contributed by atoms with van der Waals surface area (Å²) < 4.78 is 6.38. The van der Waals surface area contributed by atoms with Crippen LogP contribution in [0.4, 0.5) is 0 Å². The Morgan fingerprint density at radius 1 is 0.955 bits per heavy atom. The zero-order valence-electron chi connectivity index (χ0n) is 13.8. The van der Waals surface area contributed by atoms with Crippen molar-refractivity contribution >= 4 is 9.04 Å². The van der Waals surface area contributed by atoms with Crippen LogP contribution >= 0.6 is 0 Å². The maximum atomic E-state index is 6.38. The van der Waals surface area contributed by atoms with Crippen molar-refractivity contribution in [3.05, 3.63) is 22.8 Å². The summed E-state index contributed by atoms with van der Waals surface area (Å²) in [6.45, 7) is 4.60. The van der Waals surface area contributed by atoms with Gasteiger partial charge in [0.2, 0.25) is 9.04 Å². The molecule has 5 heteroatoms. The number of hydrogen-bond acceptors (Lipinski definition) is 1. The Balaban J connectivity index is 0.00000147. The van der Waals surface area contributed by atoms with Gasteiger partial charge in [0.1, 0.15) is 0 Å². The van der Waals surface area contributed by atoms with Crippen LogP contribution in [-0.2, 0) is 39.0 Å². The minimum absolute atomic E-state index is 0. The van der Waals surface area contributed by atoms with Crippen molar-refractivity contribution in [3.8, 4) is 5.75 Å². The van der Waals surface area contributed by atoms with E-state index in [-0.39, 0.29) is 51.0 Å². The van der Waals surface area contributed by atoms with E-state index in [2.05, 4.69) is 19.2 Å². The molecule has 0 spiro atoms. The number of aryl methyl sites for hydroxylation is 1. The third kappa shape index (κ3) is 5.16. The van der Waals surface area contributed by atoms with E-state index in [0.717, 1.165) is 5.92 Å². The maximum absolute atomic E-state index is 6.38. The second-order valence-corrected chi connectivity index (χ2v) is 8.97. The van der Waals surface area contributed by atoms with E-state index < -0.39 is 9.04 Å². The van der Waals surface area contributed by atoms with Gasteiger partial charge in [0.15, 0.2) is 0 Å². The van der Waals surface area contributed by atoms with Crippen molar-refractivity contribution < 1.29 is 55.4 Å². The average molecular weight is 438 g/mol. The monoisotopic (exact) mass is 435 g/mol. The third-order valence-electron chi connectivity index (χ3n) is 4.78. The Morgan fingerprint density at radius 3 is 2.23 bits per heavy atom. The van der Waals surface area contributed by atoms with Crippen LogP contribution in [0.1, 0.15) is 67.6 Å². The van der Waals surface area contributed by atoms with Gasteiger partial charge >= 0.3 is 26.2 Å². The first-order valence-electron chi connectivity index (χ1n) is 8.23. The Bertz CT molecular complexity index is 442. The Labute approximate surface area is 169 Å². The van der Waals surface area contributed by atoms with Crippen LogP contribution in [0.25, 0.3) is 0 Å². The number of hydrogen-bond donors (Lipinski definition) is 0. The van der Waals surface area contributed by atoms with Crippen LogP contribution < -0.4 is 29.2 Å². The van der Waals surface area contributed by atoms with E-state index >= 15 is 0 Å². The molecule has 0 aromatic heterocycles. The Kier molecular flexibility index (Phi) is 11.0. The molecule has 0 atom stereocenters. The second kappa shape index (κ2) is 10.6. The van der Waals surface area contributed by atoms with Gasteiger partial charge in [0, 0.05) is 0 Å². The van der Waals surface area contributed by atoms with Crippen LogP contribution in [0.3, 0.4) is 0 Å². The van der Waals surface area contributed by atoms with E-state index in [9.17, 15) is 0 Å². The van der Waals surface area contributed by atoms with Gasteiger partial charge in [-0.15, -0.1) is 5.56 Å². The van der Waals surface area contributed by atoms with Crippen molar-refractivity contribution in [3.63, 3.8) is 0 Å². The SMILES string of the molecule is C[SiH](C)Oc1c(C2CCCCC2)[cH-]c2c1CCCC2.[Cl-].[Cl-].[Zr+3]. The maximum Gasteiger partial charge on any atom is 3.00 e. The molecule has 2 aliphatic rings. The standard InChI is InChI=1S/C17H27OSi.2ClH.Zr/c1-19(2)18-17-15-11-7-6-10-14(15)12-16(17)13-8-4-3-5-9-13;;;/h12-13,19H,3-11H2,1-2H3;2*1H;/q-1;;;+3/p-2. The summed E-state index contributed by atoms with van der Waals surface area (Å²) in [5.74, 6) is 2.14. The molecule has 1 fully saturated rings. The number of fused-ring (bicyclic) bond motifs is 1. The molecule has 2 aliphatic carbocycles. The summed E-state index contributed by atoms with van der Waals surface area (Å²) in [6, 6.07) is 2.52. The molecule has 1 radical (unpaired) electrons. The average Bonchev–Trinajstić information content (AvgIpc) is 2.78. The largest absolute Gasteiger partial charge is 3.00 e. The first kappa shape index (κ1) is 22.8. The van der Waals surface area contributed by atoms with Crippen molar-refractivity contribution in [2.24, 2.45) is 0 Å². The summed E-state index contributed by atoms with van der Waals surface area (Å²) in [6.07, 6.45) is 12.3.